The summed E-state index contributed by atoms with van der Waals surface area (Å²) in [6, 6.07) is 0. The van der Waals surface area contributed by atoms with Crippen molar-refractivity contribution < 1.29 is 19.1 Å². The molecule has 0 saturated carbocycles. The molecule has 3 heterocycles. The molecule has 3 saturated heterocycles. The number of epoxide rings is 1. The molecule has 2 atom stereocenters. The summed E-state index contributed by atoms with van der Waals surface area (Å²) in [5.74, 6) is -0.00808. The first-order valence-corrected chi connectivity index (χ1v) is 6.54. The van der Waals surface area contributed by atoms with Crippen LogP contribution in [-0.4, -0.2) is 73.2 Å². The zero-order chi connectivity index (χ0) is 12.5. The van der Waals surface area contributed by atoms with Crippen LogP contribution in [-0.2, 0) is 19.1 Å². The Labute approximate surface area is 106 Å². The molecule has 3 rings (SSSR count). The number of hydrogen-bond donors (Lipinski definition) is 0. The van der Waals surface area contributed by atoms with Gasteiger partial charge in [0.15, 0.2) is 0 Å². The second-order valence-electron chi connectivity index (χ2n) is 5.06. The third-order valence-corrected chi connectivity index (χ3v) is 3.66. The van der Waals surface area contributed by atoms with Gasteiger partial charge in [-0.1, -0.05) is 0 Å². The van der Waals surface area contributed by atoms with Crippen LogP contribution in [0.4, 0.5) is 0 Å². The van der Waals surface area contributed by atoms with E-state index in [-0.39, 0.29) is 30.6 Å². The van der Waals surface area contributed by atoms with Gasteiger partial charge in [-0.25, -0.2) is 0 Å². The Morgan fingerprint density at radius 1 is 1.33 bits per heavy atom. The number of piperazine rings is 1. The van der Waals surface area contributed by atoms with Crippen LogP contribution in [0.1, 0.15) is 12.8 Å². The summed E-state index contributed by atoms with van der Waals surface area (Å²) in [6.07, 6.45) is 1.61. The van der Waals surface area contributed by atoms with Gasteiger partial charge in [-0.2, -0.15) is 0 Å². The predicted octanol–water partition coefficient (Wildman–Crippen LogP) is -0.765. The summed E-state index contributed by atoms with van der Waals surface area (Å²) >= 11 is 0. The molecule has 2 unspecified atom stereocenters. The van der Waals surface area contributed by atoms with Gasteiger partial charge >= 0.3 is 0 Å². The molecule has 0 N–H and O–H groups in total. The minimum Gasteiger partial charge on any atom is -0.371 e. The van der Waals surface area contributed by atoms with E-state index in [1.54, 1.807) is 9.80 Å². The molecule has 0 aromatic heterocycles. The third kappa shape index (κ3) is 2.49. The van der Waals surface area contributed by atoms with Gasteiger partial charge < -0.3 is 19.3 Å². The SMILES string of the molecule is O=C1CN(C(=O)C2CCCO2)CCN1CC1CO1. The van der Waals surface area contributed by atoms with Crippen LogP contribution in [0.15, 0.2) is 0 Å². The Morgan fingerprint density at radius 2 is 2.17 bits per heavy atom. The van der Waals surface area contributed by atoms with Gasteiger partial charge in [-0.05, 0) is 12.8 Å². The molecule has 3 aliphatic heterocycles. The van der Waals surface area contributed by atoms with Crippen molar-refractivity contribution in [2.75, 3.05) is 39.4 Å². The zero-order valence-electron chi connectivity index (χ0n) is 10.3. The fraction of sp³-hybridized carbons (Fsp3) is 0.833. The van der Waals surface area contributed by atoms with Gasteiger partial charge in [0.25, 0.3) is 5.91 Å². The van der Waals surface area contributed by atoms with Gasteiger partial charge in [0.05, 0.1) is 19.3 Å². The number of carbonyl (C=O) groups is 2. The van der Waals surface area contributed by atoms with Gasteiger partial charge in [-0.15, -0.1) is 0 Å². The zero-order valence-corrected chi connectivity index (χ0v) is 10.3. The number of ether oxygens (including phenoxy) is 2. The maximum Gasteiger partial charge on any atom is 0.252 e. The minimum absolute atomic E-state index is 0.0168. The van der Waals surface area contributed by atoms with Crippen molar-refractivity contribution in [3.63, 3.8) is 0 Å². The molecule has 0 spiro atoms. The highest BCUT2D eigenvalue weighted by molar-refractivity contribution is 5.88. The molecule has 0 radical (unpaired) electrons. The van der Waals surface area contributed by atoms with E-state index in [9.17, 15) is 9.59 Å². The van der Waals surface area contributed by atoms with Crippen LogP contribution in [0.25, 0.3) is 0 Å². The summed E-state index contributed by atoms with van der Waals surface area (Å²) in [7, 11) is 0. The summed E-state index contributed by atoms with van der Waals surface area (Å²) in [4.78, 5) is 27.4. The third-order valence-electron chi connectivity index (χ3n) is 3.66. The quantitative estimate of drug-likeness (QED) is 0.621. The van der Waals surface area contributed by atoms with Crippen LogP contribution in [0.5, 0.6) is 0 Å². The first-order valence-electron chi connectivity index (χ1n) is 6.54. The van der Waals surface area contributed by atoms with Gasteiger partial charge in [-0.3, -0.25) is 9.59 Å². The average Bonchev–Trinajstić information content (AvgIpc) is 3.02. The van der Waals surface area contributed by atoms with E-state index in [0.29, 0.717) is 26.2 Å². The molecule has 6 nitrogen and oxygen atoms in total. The molecular weight excluding hydrogens is 236 g/mol. The summed E-state index contributed by atoms with van der Waals surface area (Å²) in [6.45, 7) is 3.48. The van der Waals surface area contributed by atoms with E-state index in [2.05, 4.69) is 0 Å². The summed E-state index contributed by atoms with van der Waals surface area (Å²) in [5.41, 5.74) is 0. The topological polar surface area (TPSA) is 62.4 Å². The molecule has 100 valence electrons. The second-order valence-corrected chi connectivity index (χ2v) is 5.06. The van der Waals surface area contributed by atoms with Gasteiger partial charge in [0, 0.05) is 26.2 Å². The van der Waals surface area contributed by atoms with Crippen molar-refractivity contribution in [2.24, 2.45) is 0 Å². The van der Waals surface area contributed by atoms with Crippen molar-refractivity contribution >= 4 is 11.8 Å². The molecule has 3 fully saturated rings. The Kier molecular flexibility index (Phi) is 3.22. The van der Waals surface area contributed by atoms with Crippen molar-refractivity contribution in [3.05, 3.63) is 0 Å². The lowest BCUT2D eigenvalue weighted by Crippen LogP contribution is -2.55. The van der Waals surface area contributed by atoms with Crippen molar-refractivity contribution in [1.29, 1.82) is 0 Å². The fourth-order valence-electron chi connectivity index (χ4n) is 2.48. The van der Waals surface area contributed by atoms with E-state index in [0.717, 1.165) is 19.4 Å². The Balaban J connectivity index is 1.53. The van der Waals surface area contributed by atoms with E-state index < -0.39 is 0 Å². The predicted molar refractivity (Wildman–Crippen MR) is 61.9 cm³/mol. The Hall–Kier alpha value is -1.14. The number of nitrogens with zero attached hydrogens (tertiary/aromatic N) is 2. The summed E-state index contributed by atoms with van der Waals surface area (Å²) in [5, 5.41) is 0. The van der Waals surface area contributed by atoms with E-state index in [1.807, 2.05) is 0 Å². The standard InChI is InChI=1S/C12H18N2O4/c15-11-7-14(12(16)10-2-1-5-17-10)4-3-13(11)6-9-8-18-9/h9-10H,1-8H2. The molecule has 0 bridgehead atoms. The van der Waals surface area contributed by atoms with Crippen molar-refractivity contribution in [2.45, 2.75) is 25.0 Å². The number of carbonyl (C=O) groups excluding carboxylic acids is 2. The second kappa shape index (κ2) is 4.85. The van der Waals surface area contributed by atoms with Crippen LogP contribution in [0.2, 0.25) is 0 Å². The smallest absolute Gasteiger partial charge is 0.252 e. The Bertz CT molecular complexity index is 350. The highest BCUT2D eigenvalue weighted by Gasteiger charge is 2.35. The van der Waals surface area contributed by atoms with Crippen LogP contribution in [0.3, 0.4) is 0 Å². The number of amides is 2. The Morgan fingerprint density at radius 3 is 2.78 bits per heavy atom. The number of rotatable bonds is 3. The molecule has 6 heteroatoms. The molecule has 0 aliphatic carbocycles. The number of hydrogen-bond acceptors (Lipinski definition) is 4. The average molecular weight is 254 g/mol. The molecule has 0 aromatic carbocycles. The molecule has 3 aliphatic rings. The summed E-state index contributed by atoms with van der Waals surface area (Å²) < 4.78 is 10.5. The highest BCUT2D eigenvalue weighted by Crippen LogP contribution is 2.17. The molecule has 0 aromatic rings. The minimum atomic E-state index is -0.323. The van der Waals surface area contributed by atoms with Crippen molar-refractivity contribution in [1.82, 2.24) is 9.80 Å². The molecule has 2 amide bonds. The lowest BCUT2D eigenvalue weighted by atomic mass is 10.2. The van der Waals surface area contributed by atoms with Gasteiger partial charge in [0.2, 0.25) is 5.91 Å². The lowest BCUT2D eigenvalue weighted by Gasteiger charge is -2.35. The van der Waals surface area contributed by atoms with Gasteiger partial charge in [0.1, 0.15) is 6.10 Å². The fourth-order valence-corrected chi connectivity index (χ4v) is 2.48. The van der Waals surface area contributed by atoms with E-state index >= 15 is 0 Å². The first kappa shape index (κ1) is 11.9. The molecule has 18 heavy (non-hydrogen) atoms. The van der Waals surface area contributed by atoms with Crippen LogP contribution in [0, 0.1) is 0 Å². The van der Waals surface area contributed by atoms with E-state index in [4.69, 9.17) is 9.47 Å². The van der Waals surface area contributed by atoms with Crippen LogP contribution >= 0.6 is 0 Å². The highest BCUT2D eigenvalue weighted by atomic mass is 16.6. The van der Waals surface area contributed by atoms with Crippen molar-refractivity contribution in [3.8, 4) is 0 Å². The molecular formula is C12H18N2O4. The normalized spacial score (nSPS) is 31.9. The first-order chi connectivity index (χ1) is 8.74. The monoisotopic (exact) mass is 254 g/mol. The maximum absolute atomic E-state index is 12.1. The maximum atomic E-state index is 12.1. The lowest BCUT2D eigenvalue weighted by molar-refractivity contribution is -0.150. The largest absolute Gasteiger partial charge is 0.371 e. The van der Waals surface area contributed by atoms with Crippen LogP contribution < -0.4 is 0 Å². The van der Waals surface area contributed by atoms with E-state index in [1.165, 1.54) is 0 Å².